The van der Waals surface area contributed by atoms with E-state index in [1.54, 1.807) is 13.3 Å². The number of aryl methyl sites for hydroxylation is 3. The fourth-order valence-electron chi connectivity index (χ4n) is 4.23. The zero-order chi connectivity index (χ0) is 21.3. The van der Waals surface area contributed by atoms with Crippen molar-refractivity contribution in [2.24, 2.45) is 5.92 Å². The lowest BCUT2D eigenvalue weighted by molar-refractivity contribution is 0.0764. The minimum Gasteiger partial charge on any atom is -0.384 e. The second kappa shape index (κ2) is 8.39. The second-order valence-electron chi connectivity index (χ2n) is 7.94. The molecule has 4 rings (SSSR count). The van der Waals surface area contributed by atoms with Gasteiger partial charge in [-0.3, -0.25) is 14.5 Å². The van der Waals surface area contributed by atoms with Crippen LogP contribution < -0.4 is 0 Å². The number of aromatic nitrogens is 4. The molecule has 0 unspecified atom stereocenters. The highest BCUT2D eigenvalue weighted by Gasteiger charge is 2.38. The first kappa shape index (κ1) is 20.3. The molecular weight excluding hydrogens is 382 g/mol. The summed E-state index contributed by atoms with van der Waals surface area (Å²) in [4.78, 5) is 19.7. The molecule has 0 radical (unpaired) electrons. The summed E-state index contributed by atoms with van der Waals surface area (Å²) >= 11 is 0. The van der Waals surface area contributed by atoms with E-state index in [-0.39, 0.29) is 17.7 Å². The Kier molecular flexibility index (Phi) is 5.67. The summed E-state index contributed by atoms with van der Waals surface area (Å²) < 4.78 is 12.7. The van der Waals surface area contributed by atoms with Crippen LogP contribution in [0.4, 0.5) is 0 Å². The predicted octanol–water partition coefficient (Wildman–Crippen LogP) is 2.74. The van der Waals surface area contributed by atoms with Gasteiger partial charge in [0.1, 0.15) is 5.76 Å². The number of rotatable bonds is 6. The van der Waals surface area contributed by atoms with Gasteiger partial charge in [-0.1, -0.05) is 11.2 Å². The van der Waals surface area contributed by atoms with Crippen LogP contribution in [0.2, 0.25) is 0 Å². The van der Waals surface area contributed by atoms with Crippen LogP contribution in [0.1, 0.15) is 44.8 Å². The number of hydrogen-bond donors (Lipinski definition) is 0. The standard InChI is InChI=1S/C22H27N5O3/c1-14-9-15(2)27(24-14)12-18-16(3)30-25-21(18)22(28)26-10-17(13-29-4)19(11-26)20-7-5-6-8-23-20/h5-9,17,19H,10-13H2,1-4H3/t17-,19+/m0/s1. The Labute approximate surface area is 175 Å². The topological polar surface area (TPSA) is 86.3 Å². The molecule has 8 nitrogen and oxygen atoms in total. The van der Waals surface area contributed by atoms with E-state index in [9.17, 15) is 4.79 Å². The minimum absolute atomic E-state index is 0.122. The van der Waals surface area contributed by atoms with Crippen LogP contribution in [0.15, 0.2) is 35.0 Å². The third-order valence-corrected chi connectivity index (χ3v) is 5.78. The van der Waals surface area contributed by atoms with Gasteiger partial charge in [-0.2, -0.15) is 5.10 Å². The molecule has 3 aromatic heterocycles. The van der Waals surface area contributed by atoms with Crippen LogP contribution in [0, 0.1) is 26.7 Å². The fraction of sp³-hybridized carbons (Fsp3) is 0.455. The van der Waals surface area contributed by atoms with Crippen molar-refractivity contribution < 1.29 is 14.1 Å². The first-order valence-electron chi connectivity index (χ1n) is 10.1. The SMILES string of the molecule is COC[C@@H]1CN(C(=O)c2noc(C)c2Cn2nc(C)cc2C)C[C@H]1c1ccccn1. The first-order chi connectivity index (χ1) is 14.5. The summed E-state index contributed by atoms with van der Waals surface area (Å²) in [6, 6.07) is 7.90. The molecule has 1 fully saturated rings. The summed E-state index contributed by atoms with van der Waals surface area (Å²) in [6.45, 7) is 7.98. The molecule has 1 amide bonds. The molecule has 0 N–H and O–H groups in total. The van der Waals surface area contributed by atoms with Crippen LogP contribution in [0.25, 0.3) is 0 Å². The van der Waals surface area contributed by atoms with Crippen LogP contribution in [0.5, 0.6) is 0 Å². The normalized spacial score (nSPS) is 18.9. The highest BCUT2D eigenvalue weighted by Crippen LogP contribution is 2.33. The van der Waals surface area contributed by atoms with E-state index >= 15 is 0 Å². The van der Waals surface area contributed by atoms with E-state index in [1.165, 1.54) is 0 Å². The Balaban J connectivity index is 1.58. The molecule has 2 atom stereocenters. The lowest BCUT2D eigenvalue weighted by Crippen LogP contribution is -2.30. The number of hydrogen-bond acceptors (Lipinski definition) is 6. The van der Waals surface area contributed by atoms with Gasteiger partial charge < -0.3 is 14.2 Å². The molecule has 0 saturated carbocycles. The third-order valence-electron chi connectivity index (χ3n) is 5.78. The molecule has 30 heavy (non-hydrogen) atoms. The van der Waals surface area contributed by atoms with Gasteiger partial charge in [0.05, 0.1) is 18.8 Å². The molecular formula is C22H27N5O3. The highest BCUT2D eigenvalue weighted by atomic mass is 16.5. The summed E-state index contributed by atoms with van der Waals surface area (Å²) in [6.07, 6.45) is 1.79. The van der Waals surface area contributed by atoms with E-state index in [2.05, 4.69) is 15.2 Å². The van der Waals surface area contributed by atoms with Crippen molar-refractivity contribution >= 4 is 5.91 Å². The molecule has 3 aromatic rings. The van der Waals surface area contributed by atoms with Gasteiger partial charge in [0.25, 0.3) is 5.91 Å². The number of amides is 1. The monoisotopic (exact) mass is 409 g/mol. The number of carbonyl (C=O) groups is 1. The number of methoxy groups -OCH3 is 1. The summed E-state index contributed by atoms with van der Waals surface area (Å²) in [5.41, 5.74) is 4.08. The molecule has 0 spiro atoms. The van der Waals surface area contributed by atoms with Crippen molar-refractivity contribution in [2.75, 3.05) is 26.8 Å². The molecule has 1 aliphatic rings. The second-order valence-corrected chi connectivity index (χ2v) is 7.94. The van der Waals surface area contributed by atoms with E-state index in [0.29, 0.717) is 37.7 Å². The summed E-state index contributed by atoms with van der Waals surface area (Å²) in [7, 11) is 1.69. The Morgan fingerprint density at radius 1 is 1.27 bits per heavy atom. The molecule has 0 bridgehead atoms. The van der Waals surface area contributed by atoms with E-state index in [1.807, 2.05) is 54.6 Å². The largest absolute Gasteiger partial charge is 0.384 e. The fourth-order valence-corrected chi connectivity index (χ4v) is 4.23. The minimum atomic E-state index is -0.122. The van der Waals surface area contributed by atoms with Crippen molar-refractivity contribution in [3.05, 3.63) is 64.6 Å². The van der Waals surface area contributed by atoms with Gasteiger partial charge in [0, 0.05) is 55.2 Å². The molecule has 0 aliphatic carbocycles. The lowest BCUT2D eigenvalue weighted by Gasteiger charge is -2.16. The van der Waals surface area contributed by atoms with E-state index in [4.69, 9.17) is 9.26 Å². The third kappa shape index (κ3) is 3.87. The van der Waals surface area contributed by atoms with Crippen LogP contribution in [0.3, 0.4) is 0 Å². The maximum atomic E-state index is 13.4. The highest BCUT2D eigenvalue weighted by molar-refractivity contribution is 5.94. The number of likely N-dealkylation sites (tertiary alicyclic amines) is 1. The zero-order valence-electron chi connectivity index (χ0n) is 17.8. The van der Waals surface area contributed by atoms with Crippen LogP contribution >= 0.6 is 0 Å². The maximum absolute atomic E-state index is 13.4. The van der Waals surface area contributed by atoms with Crippen molar-refractivity contribution in [1.29, 1.82) is 0 Å². The number of nitrogens with zero attached hydrogens (tertiary/aromatic N) is 5. The number of ether oxygens (including phenoxy) is 1. The van der Waals surface area contributed by atoms with Crippen LogP contribution in [-0.4, -0.2) is 57.5 Å². The molecule has 0 aromatic carbocycles. The van der Waals surface area contributed by atoms with Gasteiger partial charge in [0.15, 0.2) is 5.69 Å². The van der Waals surface area contributed by atoms with Gasteiger partial charge in [-0.15, -0.1) is 0 Å². The average molecular weight is 409 g/mol. The lowest BCUT2D eigenvalue weighted by atomic mass is 9.93. The molecule has 1 aliphatic heterocycles. The van der Waals surface area contributed by atoms with E-state index < -0.39 is 0 Å². The van der Waals surface area contributed by atoms with Crippen molar-refractivity contribution in [3.8, 4) is 0 Å². The van der Waals surface area contributed by atoms with Crippen molar-refractivity contribution in [3.63, 3.8) is 0 Å². The predicted molar refractivity (Wildman–Crippen MR) is 110 cm³/mol. The van der Waals surface area contributed by atoms with Gasteiger partial charge in [0.2, 0.25) is 0 Å². The Hall–Kier alpha value is -3.00. The van der Waals surface area contributed by atoms with Gasteiger partial charge in [-0.05, 0) is 39.0 Å². The summed E-state index contributed by atoms with van der Waals surface area (Å²) in [5.74, 6) is 0.826. The maximum Gasteiger partial charge on any atom is 0.276 e. The van der Waals surface area contributed by atoms with Crippen LogP contribution in [-0.2, 0) is 11.3 Å². The van der Waals surface area contributed by atoms with Gasteiger partial charge in [-0.25, -0.2) is 0 Å². The first-order valence-corrected chi connectivity index (χ1v) is 10.1. The van der Waals surface area contributed by atoms with Crippen molar-refractivity contribution in [1.82, 2.24) is 24.8 Å². The smallest absolute Gasteiger partial charge is 0.276 e. The molecule has 8 heteroatoms. The number of pyridine rings is 1. The molecule has 1 saturated heterocycles. The number of carbonyl (C=O) groups excluding carboxylic acids is 1. The Bertz CT molecular complexity index is 1030. The average Bonchev–Trinajstić information content (AvgIpc) is 3.41. The quantitative estimate of drug-likeness (QED) is 0.622. The molecule has 158 valence electrons. The Morgan fingerprint density at radius 2 is 2.10 bits per heavy atom. The van der Waals surface area contributed by atoms with Crippen molar-refractivity contribution in [2.45, 2.75) is 33.2 Å². The molecule has 4 heterocycles. The van der Waals surface area contributed by atoms with E-state index in [0.717, 1.165) is 22.6 Å². The zero-order valence-corrected chi connectivity index (χ0v) is 17.8. The summed E-state index contributed by atoms with van der Waals surface area (Å²) in [5, 5.41) is 8.62. The van der Waals surface area contributed by atoms with Gasteiger partial charge >= 0.3 is 0 Å². The Morgan fingerprint density at radius 3 is 2.77 bits per heavy atom.